The second-order valence-corrected chi connectivity index (χ2v) is 7.33. The Morgan fingerprint density at radius 2 is 1.96 bits per heavy atom. The van der Waals surface area contributed by atoms with Crippen LogP contribution in [-0.4, -0.2) is 46.5 Å². The van der Waals surface area contributed by atoms with Crippen LogP contribution in [0.15, 0.2) is 29.0 Å². The molecule has 0 bridgehead atoms. The summed E-state index contributed by atoms with van der Waals surface area (Å²) in [5.41, 5.74) is 0.709. The molecule has 1 saturated heterocycles. The highest BCUT2D eigenvalue weighted by atomic mass is 79.9. The summed E-state index contributed by atoms with van der Waals surface area (Å²) in [6.45, 7) is 5.42. The van der Waals surface area contributed by atoms with E-state index in [9.17, 15) is 4.79 Å². The Kier molecular flexibility index (Phi) is 5.37. The zero-order valence-electron chi connectivity index (χ0n) is 13.2. The lowest BCUT2D eigenvalue weighted by molar-refractivity contribution is 0.0736. The van der Waals surface area contributed by atoms with Crippen LogP contribution in [0.4, 0.5) is 5.82 Å². The summed E-state index contributed by atoms with van der Waals surface area (Å²) in [5.74, 6) is 0.769. The molecular weight excluding hydrogens is 415 g/mol. The number of amides is 1. The molecule has 128 valence electrons. The number of hydrogen-bond acceptors (Lipinski definition) is 3. The first-order valence-electron chi connectivity index (χ1n) is 7.70. The fourth-order valence-electron chi connectivity index (χ4n) is 2.84. The number of anilines is 1. The molecule has 2 aromatic heterocycles. The van der Waals surface area contributed by atoms with Crippen molar-refractivity contribution in [2.75, 3.05) is 31.1 Å². The summed E-state index contributed by atoms with van der Waals surface area (Å²) < 4.78 is 2.87. The normalized spacial score (nSPS) is 15.0. The third-order valence-electron chi connectivity index (χ3n) is 4.08. The van der Waals surface area contributed by atoms with Crippen LogP contribution in [0.25, 0.3) is 0 Å². The zero-order valence-corrected chi connectivity index (χ0v) is 16.3. The number of nitrogens with zero attached hydrogens (tertiary/aromatic N) is 4. The number of carbonyl (C=O) groups is 1. The molecule has 3 rings (SSSR count). The number of pyridine rings is 1. The lowest BCUT2D eigenvalue weighted by atomic mass is 10.2. The van der Waals surface area contributed by atoms with Crippen molar-refractivity contribution >= 4 is 50.9 Å². The number of piperazine rings is 1. The number of hydrogen-bond donors (Lipinski definition) is 0. The van der Waals surface area contributed by atoms with Gasteiger partial charge in [0, 0.05) is 49.6 Å². The van der Waals surface area contributed by atoms with Crippen LogP contribution in [0.1, 0.15) is 17.4 Å². The summed E-state index contributed by atoms with van der Waals surface area (Å²) in [6, 6.07) is 3.56. The molecule has 1 aliphatic heterocycles. The fraction of sp³-hybridized carbons (Fsp3) is 0.375. The van der Waals surface area contributed by atoms with Gasteiger partial charge in [0.15, 0.2) is 0 Å². The minimum atomic E-state index is 0.0531. The molecule has 0 spiro atoms. The number of halogens is 3. The van der Waals surface area contributed by atoms with Gasteiger partial charge in [0.1, 0.15) is 11.5 Å². The van der Waals surface area contributed by atoms with Crippen molar-refractivity contribution < 1.29 is 4.79 Å². The second-order valence-electron chi connectivity index (χ2n) is 5.57. The van der Waals surface area contributed by atoms with Gasteiger partial charge in [0.25, 0.3) is 5.91 Å². The molecule has 2 aromatic rings. The van der Waals surface area contributed by atoms with Crippen molar-refractivity contribution in [1.82, 2.24) is 14.5 Å². The van der Waals surface area contributed by atoms with Crippen molar-refractivity contribution in [3.8, 4) is 0 Å². The van der Waals surface area contributed by atoms with Crippen molar-refractivity contribution in [3.05, 3.63) is 44.7 Å². The molecule has 0 aliphatic carbocycles. The maximum atomic E-state index is 12.8. The van der Waals surface area contributed by atoms with Gasteiger partial charge < -0.3 is 14.4 Å². The first kappa shape index (κ1) is 17.6. The molecule has 24 heavy (non-hydrogen) atoms. The van der Waals surface area contributed by atoms with Crippen molar-refractivity contribution in [2.45, 2.75) is 13.5 Å². The summed E-state index contributed by atoms with van der Waals surface area (Å²) in [7, 11) is 0. The van der Waals surface area contributed by atoms with Crippen LogP contribution in [0.2, 0.25) is 10.0 Å². The predicted octanol–water partition coefficient (Wildman–Crippen LogP) is 3.93. The van der Waals surface area contributed by atoms with Gasteiger partial charge in [0.2, 0.25) is 0 Å². The Hall–Kier alpha value is -1.24. The van der Waals surface area contributed by atoms with E-state index in [1.54, 1.807) is 12.3 Å². The third-order valence-corrected chi connectivity index (χ3v) is 5.00. The van der Waals surface area contributed by atoms with Gasteiger partial charge in [0.05, 0.1) is 10.0 Å². The van der Waals surface area contributed by atoms with E-state index < -0.39 is 0 Å². The van der Waals surface area contributed by atoms with E-state index in [4.69, 9.17) is 23.2 Å². The van der Waals surface area contributed by atoms with Crippen LogP contribution in [-0.2, 0) is 6.54 Å². The smallest absolute Gasteiger partial charge is 0.270 e. The van der Waals surface area contributed by atoms with Crippen molar-refractivity contribution in [2.24, 2.45) is 0 Å². The molecule has 0 unspecified atom stereocenters. The molecule has 5 nitrogen and oxygen atoms in total. The molecule has 0 N–H and O–H groups in total. The molecule has 3 heterocycles. The summed E-state index contributed by atoms with van der Waals surface area (Å²) >= 11 is 15.6. The summed E-state index contributed by atoms with van der Waals surface area (Å²) in [5, 5.41) is 1.05. The standard InChI is InChI=1S/C16H17BrCl2N4O/c1-2-21-10-11(17)7-14(21)16(24)23-5-3-22(4-6-23)15-13(19)8-12(18)9-20-15/h7-10H,2-6H2,1H3. The number of aromatic nitrogens is 2. The highest BCUT2D eigenvalue weighted by Crippen LogP contribution is 2.27. The van der Waals surface area contributed by atoms with Gasteiger partial charge >= 0.3 is 0 Å². The minimum Gasteiger partial charge on any atom is -0.352 e. The van der Waals surface area contributed by atoms with Crippen LogP contribution in [0, 0.1) is 0 Å². The number of aryl methyl sites for hydroxylation is 1. The molecule has 1 aliphatic rings. The summed E-state index contributed by atoms with van der Waals surface area (Å²) in [6.07, 6.45) is 3.52. The van der Waals surface area contributed by atoms with E-state index in [1.807, 2.05) is 28.7 Å². The van der Waals surface area contributed by atoms with Crippen LogP contribution in [0.3, 0.4) is 0 Å². The van der Waals surface area contributed by atoms with Crippen LogP contribution in [0.5, 0.6) is 0 Å². The van der Waals surface area contributed by atoms with Crippen LogP contribution < -0.4 is 4.90 Å². The fourth-order valence-corrected chi connectivity index (χ4v) is 3.80. The van der Waals surface area contributed by atoms with E-state index >= 15 is 0 Å². The molecular formula is C16H17BrCl2N4O. The molecule has 0 atom stereocenters. The topological polar surface area (TPSA) is 41.4 Å². The molecule has 8 heteroatoms. The van der Waals surface area contributed by atoms with Gasteiger partial charge in [-0.1, -0.05) is 23.2 Å². The molecule has 0 aromatic carbocycles. The number of carbonyl (C=O) groups excluding carboxylic acids is 1. The predicted molar refractivity (Wildman–Crippen MR) is 100 cm³/mol. The molecule has 0 saturated carbocycles. The van der Waals surface area contributed by atoms with Crippen molar-refractivity contribution in [1.29, 1.82) is 0 Å². The highest BCUT2D eigenvalue weighted by molar-refractivity contribution is 9.10. The van der Waals surface area contributed by atoms with Crippen molar-refractivity contribution in [3.63, 3.8) is 0 Å². The first-order valence-corrected chi connectivity index (χ1v) is 9.25. The Morgan fingerprint density at radius 1 is 1.25 bits per heavy atom. The van der Waals surface area contributed by atoms with Gasteiger partial charge in [-0.05, 0) is 35.0 Å². The molecule has 0 radical (unpaired) electrons. The van der Waals surface area contributed by atoms with Gasteiger partial charge in [-0.15, -0.1) is 0 Å². The molecule has 1 fully saturated rings. The molecule has 1 amide bonds. The van der Waals surface area contributed by atoms with Gasteiger partial charge in [-0.2, -0.15) is 0 Å². The largest absolute Gasteiger partial charge is 0.352 e. The summed E-state index contributed by atoms with van der Waals surface area (Å²) in [4.78, 5) is 21.0. The van der Waals surface area contributed by atoms with Gasteiger partial charge in [-0.25, -0.2) is 4.98 Å². The highest BCUT2D eigenvalue weighted by Gasteiger charge is 2.25. The van der Waals surface area contributed by atoms with Crippen LogP contribution >= 0.6 is 39.1 Å². The Labute approximate surface area is 159 Å². The maximum absolute atomic E-state index is 12.8. The zero-order chi connectivity index (χ0) is 17.3. The minimum absolute atomic E-state index is 0.0531. The maximum Gasteiger partial charge on any atom is 0.270 e. The van der Waals surface area contributed by atoms with E-state index in [2.05, 4.69) is 25.8 Å². The lowest BCUT2D eigenvalue weighted by Gasteiger charge is -2.35. The lowest BCUT2D eigenvalue weighted by Crippen LogP contribution is -2.49. The monoisotopic (exact) mass is 430 g/mol. The average molecular weight is 432 g/mol. The number of rotatable bonds is 3. The SMILES string of the molecule is CCn1cc(Br)cc1C(=O)N1CCN(c2ncc(Cl)cc2Cl)CC1. The van der Waals surface area contributed by atoms with E-state index in [-0.39, 0.29) is 5.91 Å². The Balaban J connectivity index is 1.69. The van der Waals surface area contributed by atoms with E-state index in [1.165, 1.54) is 0 Å². The Bertz CT molecular complexity index is 757. The third kappa shape index (κ3) is 3.55. The quantitative estimate of drug-likeness (QED) is 0.739. The second kappa shape index (κ2) is 7.33. The average Bonchev–Trinajstić information content (AvgIpc) is 2.95. The van der Waals surface area contributed by atoms with E-state index in [0.29, 0.717) is 47.7 Å². The van der Waals surface area contributed by atoms with E-state index in [0.717, 1.165) is 11.0 Å². The first-order chi connectivity index (χ1) is 11.5. The Morgan fingerprint density at radius 3 is 2.58 bits per heavy atom. The van der Waals surface area contributed by atoms with Gasteiger partial charge in [-0.3, -0.25) is 4.79 Å².